The van der Waals surface area contributed by atoms with Crippen LogP contribution in [0.1, 0.15) is 11.7 Å². The normalized spacial score (nSPS) is 11.8. The molecule has 12 heavy (non-hydrogen) atoms. The van der Waals surface area contributed by atoms with Gasteiger partial charge in [0.1, 0.15) is 6.61 Å². The summed E-state index contributed by atoms with van der Waals surface area (Å²) >= 11 is 0. The molecule has 0 atom stereocenters. The maximum absolute atomic E-state index is 10.5. The fourth-order valence-corrected chi connectivity index (χ4v) is 0.871. The van der Waals surface area contributed by atoms with Crippen molar-refractivity contribution in [1.82, 2.24) is 10.1 Å². The molecule has 0 amide bonds. The molecule has 7 heteroatoms. The van der Waals surface area contributed by atoms with Crippen molar-refractivity contribution < 1.29 is 17.1 Å². The summed E-state index contributed by atoms with van der Waals surface area (Å²) in [6, 6.07) is 0. The van der Waals surface area contributed by atoms with E-state index in [0.717, 1.165) is 6.26 Å². The van der Waals surface area contributed by atoms with Gasteiger partial charge in [0, 0.05) is 0 Å². The lowest BCUT2D eigenvalue weighted by molar-refractivity contribution is 0.249. The summed E-state index contributed by atoms with van der Waals surface area (Å²) in [6.45, 7) is 1.42. The number of hydrogen-bond donors (Lipinski definition) is 0. The first-order valence-electron chi connectivity index (χ1n) is 3.11. The lowest BCUT2D eigenvalue weighted by Gasteiger charge is -1.93. The zero-order valence-corrected chi connectivity index (χ0v) is 7.46. The van der Waals surface area contributed by atoms with Crippen molar-refractivity contribution in [2.45, 2.75) is 13.5 Å². The second-order valence-corrected chi connectivity index (χ2v) is 3.85. The Morgan fingerprint density at radius 1 is 1.58 bits per heavy atom. The van der Waals surface area contributed by atoms with Crippen molar-refractivity contribution >= 4 is 10.1 Å². The minimum absolute atomic E-state index is 0.151. The van der Waals surface area contributed by atoms with Crippen LogP contribution in [-0.4, -0.2) is 24.8 Å². The predicted molar refractivity (Wildman–Crippen MR) is 38.7 cm³/mol. The summed E-state index contributed by atoms with van der Waals surface area (Å²) in [5.41, 5.74) is 0. The van der Waals surface area contributed by atoms with Crippen LogP contribution in [-0.2, 0) is 20.9 Å². The smallest absolute Gasteiger partial charge is 0.264 e. The summed E-state index contributed by atoms with van der Waals surface area (Å²) in [6.07, 6.45) is 0.955. The Hall–Kier alpha value is -0.950. The molecular weight excluding hydrogens is 184 g/mol. The molecule has 68 valence electrons. The first kappa shape index (κ1) is 9.14. The van der Waals surface area contributed by atoms with Gasteiger partial charge in [-0.3, -0.25) is 4.18 Å². The standard InChI is InChI=1S/C5H8N2O4S/c1-4-6-5(11-7-4)3-10-12(2,8)9/h3H2,1-2H3. The van der Waals surface area contributed by atoms with Gasteiger partial charge < -0.3 is 4.52 Å². The van der Waals surface area contributed by atoms with E-state index < -0.39 is 10.1 Å². The SMILES string of the molecule is Cc1noc(COS(C)(=O)=O)n1. The van der Waals surface area contributed by atoms with E-state index in [-0.39, 0.29) is 12.5 Å². The van der Waals surface area contributed by atoms with Crippen molar-refractivity contribution in [2.75, 3.05) is 6.26 Å². The number of rotatable bonds is 3. The molecule has 1 heterocycles. The van der Waals surface area contributed by atoms with Crippen molar-refractivity contribution in [2.24, 2.45) is 0 Å². The molecule has 0 aromatic carbocycles. The van der Waals surface area contributed by atoms with Crippen LogP contribution in [0.2, 0.25) is 0 Å². The van der Waals surface area contributed by atoms with Crippen LogP contribution in [0.15, 0.2) is 4.52 Å². The third kappa shape index (κ3) is 2.97. The van der Waals surface area contributed by atoms with Crippen LogP contribution in [0, 0.1) is 6.92 Å². The molecule has 0 saturated heterocycles. The molecule has 0 radical (unpaired) electrons. The molecule has 0 spiro atoms. The molecule has 0 aliphatic carbocycles. The fourth-order valence-electron chi connectivity index (χ4n) is 0.556. The quantitative estimate of drug-likeness (QED) is 0.619. The van der Waals surface area contributed by atoms with Crippen LogP contribution < -0.4 is 0 Å². The zero-order chi connectivity index (χ0) is 9.19. The van der Waals surface area contributed by atoms with Crippen LogP contribution in [0.3, 0.4) is 0 Å². The van der Waals surface area contributed by atoms with Crippen molar-refractivity contribution in [3.8, 4) is 0 Å². The second-order valence-electron chi connectivity index (χ2n) is 2.20. The summed E-state index contributed by atoms with van der Waals surface area (Å²) in [7, 11) is -3.44. The molecule has 0 aliphatic rings. The van der Waals surface area contributed by atoms with Gasteiger partial charge in [-0.2, -0.15) is 13.4 Å². The summed E-state index contributed by atoms with van der Waals surface area (Å²) in [5.74, 6) is 0.597. The monoisotopic (exact) mass is 192 g/mol. The van der Waals surface area contributed by atoms with Gasteiger partial charge in [0.25, 0.3) is 16.0 Å². The number of hydrogen-bond acceptors (Lipinski definition) is 6. The Kier molecular flexibility index (Phi) is 2.43. The van der Waals surface area contributed by atoms with E-state index >= 15 is 0 Å². The van der Waals surface area contributed by atoms with Crippen molar-refractivity contribution in [3.63, 3.8) is 0 Å². The van der Waals surface area contributed by atoms with Gasteiger partial charge in [-0.25, -0.2) is 0 Å². The largest absolute Gasteiger partial charge is 0.337 e. The summed E-state index contributed by atoms with van der Waals surface area (Å²) < 4.78 is 30.0. The average Bonchev–Trinajstić information content (AvgIpc) is 2.30. The zero-order valence-electron chi connectivity index (χ0n) is 6.64. The first-order valence-corrected chi connectivity index (χ1v) is 4.92. The Balaban J connectivity index is 2.55. The van der Waals surface area contributed by atoms with Gasteiger partial charge >= 0.3 is 0 Å². The highest BCUT2D eigenvalue weighted by Crippen LogP contribution is 2.00. The van der Waals surface area contributed by atoms with Crippen LogP contribution in [0.4, 0.5) is 0 Å². The lowest BCUT2D eigenvalue weighted by Crippen LogP contribution is -2.02. The van der Waals surface area contributed by atoms with E-state index in [4.69, 9.17) is 0 Å². The van der Waals surface area contributed by atoms with Crippen LogP contribution in [0.25, 0.3) is 0 Å². The number of nitrogens with zero attached hydrogens (tertiary/aromatic N) is 2. The van der Waals surface area contributed by atoms with Crippen molar-refractivity contribution in [3.05, 3.63) is 11.7 Å². The minimum atomic E-state index is -3.44. The fraction of sp³-hybridized carbons (Fsp3) is 0.600. The molecule has 0 aliphatic heterocycles. The number of aromatic nitrogens is 2. The Morgan fingerprint density at radius 3 is 2.67 bits per heavy atom. The highest BCUT2D eigenvalue weighted by Gasteiger charge is 2.07. The second kappa shape index (κ2) is 3.20. The highest BCUT2D eigenvalue weighted by atomic mass is 32.2. The van der Waals surface area contributed by atoms with Crippen LogP contribution >= 0.6 is 0 Å². The van der Waals surface area contributed by atoms with E-state index in [2.05, 4.69) is 18.8 Å². The van der Waals surface area contributed by atoms with E-state index in [1.165, 1.54) is 0 Å². The number of aryl methyl sites for hydroxylation is 1. The first-order chi connectivity index (χ1) is 5.47. The molecule has 0 bridgehead atoms. The van der Waals surface area contributed by atoms with Crippen LogP contribution in [0.5, 0.6) is 0 Å². The van der Waals surface area contributed by atoms with Gasteiger partial charge in [-0.1, -0.05) is 5.16 Å². The molecule has 0 fully saturated rings. The Morgan fingerprint density at radius 2 is 2.25 bits per heavy atom. The lowest BCUT2D eigenvalue weighted by atomic mass is 10.7. The van der Waals surface area contributed by atoms with Gasteiger partial charge in [0.2, 0.25) is 0 Å². The van der Waals surface area contributed by atoms with Gasteiger partial charge in [0.15, 0.2) is 5.82 Å². The third-order valence-electron chi connectivity index (χ3n) is 0.966. The van der Waals surface area contributed by atoms with Gasteiger partial charge in [-0.05, 0) is 6.92 Å². The minimum Gasteiger partial charge on any atom is -0.337 e. The topological polar surface area (TPSA) is 82.3 Å². The van der Waals surface area contributed by atoms with Crippen molar-refractivity contribution in [1.29, 1.82) is 0 Å². The maximum Gasteiger partial charge on any atom is 0.264 e. The van der Waals surface area contributed by atoms with E-state index in [1.54, 1.807) is 6.92 Å². The van der Waals surface area contributed by atoms with E-state index in [0.29, 0.717) is 5.82 Å². The molecule has 1 rings (SSSR count). The van der Waals surface area contributed by atoms with E-state index in [9.17, 15) is 8.42 Å². The average molecular weight is 192 g/mol. The molecule has 0 N–H and O–H groups in total. The van der Waals surface area contributed by atoms with Gasteiger partial charge in [-0.15, -0.1) is 0 Å². The Labute approximate surface area is 69.7 Å². The maximum atomic E-state index is 10.5. The van der Waals surface area contributed by atoms with Gasteiger partial charge in [0.05, 0.1) is 6.26 Å². The molecule has 0 saturated carbocycles. The van der Waals surface area contributed by atoms with E-state index in [1.807, 2.05) is 0 Å². The highest BCUT2D eigenvalue weighted by molar-refractivity contribution is 7.85. The third-order valence-corrected chi connectivity index (χ3v) is 1.51. The molecular formula is C5H8N2O4S. The molecule has 1 aromatic heterocycles. The molecule has 6 nitrogen and oxygen atoms in total. The molecule has 0 unspecified atom stereocenters. The summed E-state index contributed by atoms with van der Waals surface area (Å²) in [5, 5.41) is 3.46. The Bertz CT molecular complexity index is 355. The summed E-state index contributed by atoms with van der Waals surface area (Å²) in [4.78, 5) is 3.75. The predicted octanol–water partition coefficient (Wildman–Crippen LogP) is -0.146. The molecule has 1 aromatic rings.